The van der Waals surface area contributed by atoms with E-state index in [1.165, 1.54) is 0 Å². The van der Waals surface area contributed by atoms with Crippen LogP contribution in [0.15, 0.2) is 35.1 Å². The van der Waals surface area contributed by atoms with Gasteiger partial charge >= 0.3 is 6.18 Å². The van der Waals surface area contributed by atoms with Crippen LogP contribution in [0, 0.1) is 6.92 Å². The third-order valence-electron chi connectivity index (χ3n) is 4.47. The molecule has 1 amide bonds. The Kier molecular flexibility index (Phi) is 4.99. The predicted octanol–water partition coefficient (Wildman–Crippen LogP) is 3.73. The van der Waals surface area contributed by atoms with Crippen LogP contribution in [0.4, 0.5) is 13.2 Å². The van der Waals surface area contributed by atoms with Gasteiger partial charge in [0, 0.05) is 5.56 Å². The van der Waals surface area contributed by atoms with Crippen LogP contribution in [-0.4, -0.2) is 17.0 Å². The lowest BCUT2D eigenvalue weighted by Gasteiger charge is -2.20. The number of aryl methyl sites for hydroxylation is 1. The Morgan fingerprint density at radius 1 is 1.26 bits per heavy atom. The fraction of sp³-hybridized carbons (Fsp3) is 0.368. The molecule has 3 rings (SSSR count). The molecule has 2 atom stereocenters. The third-order valence-corrected chi connectivity index (χ3v) is 4.47. The maximum absolute atomic E-state index is 12.7. The molecule has 2 heterocycles. The smallest absolute Gasteiger partial charge is 0.431 e. The molecule has 0 bridgehead atoms. The lowest BCUT2D eigenvalue weighted by molar-refractivity contribution is -0.141. The van der Waals surface area contributed by atoms with Crippen LogP contribution in [-0.2, 0) is 6.18 Å². The first-order valence-electron chi connectivity index (χ1n) is 8.59. The van der Waals surface area contributed by atoms with Crippen molar-refractivity contribution in [3.05, 3.63) is 63.1 Å². The molecule has 1 aliphatic heterocycles. The lowest BCUT2D eigenvalue weighted by Crippen LogP contribution is -2.38. The number of carbonyl (C=O) groups is 1. The molecular weight excluding hydrogens is 361 g/mol. The summed E-state index contributed by atoms with van der Waals surface area (Å²) in [5.41, 5.74) is -0.874. The van der Waals surface area contributed by atoms with E-state index in [0.29, 0.717) is 18.2 Å². The molecule has 0 unspecified atom stereocenters. The second-order valence-corrected chi connectivity index (χ2v) is 6.55. The van der Waals surface area contributed by atoms with E-state index in [4.69, 9.17) is 4.74 Å². The molecule has 27 heavy (non-hydrogen) atoms. The van der Waals surface area contributed by atoms with Crippen molar-refractivity contribution >= 4 is 5.91 Å². The summed E-state index contributed by atoms with van der Waals surface area (Å²) >= 11 is 0. The van der Waals surface area contributed by atoms with Gasteiger partial charge in [-0.05, 0) is 31.5 Å². The summed E-state index contributed by atoms with van der Waals surface area (Å²) in [5, 5.41) is 2.75. The van der Waals surface area contributed by atoms with E-state index < -0.39 is 29.4 Å². The standard InChI is InChI=1S/C19H19F3N2O3/c1-3-4-14-16(12-9-10(2)5-7-13(12)27-14)24-18(26)11-6-8-15(19(20,21)22)23-17(11)25/h5-9,14,16H,3-4H2,1-2H3,(H,23,25)(H,24,26)/t14-,16-/m0/s1. The van der Waals surface area contributed by atoms with Crippen molar-refractivity contribution in [1.29, 1.82) is 0 Å². The van der Waals surface area contributed by atoms with Gasteiger partial charge in [0.1, 0.15) is 23.1 Å². The largest absolute Gasteiger partial charge is 0.488 e. The van der Waals surface area contributed by atoms with Crippen molar-refractivity contribution in [3.8, 4) is 5.75 Å². The number of hydrogen-bond acceptors (Lipinski definition) is 3. The number of halogens is 3. The number of carbonyl (C=O) groups excluding carboxylic acids is 1. The number of amides is 1. The highest BCUT2D eigenvalue weighted by Crippen LogP contribution is 2.39. The zero-order valence-electron chi connectivity index (χ0n) is 14.8. The summed E-state index contributed by atoms with van der Waals surface area (Å²) in [4.78, 5) is 26.2. The second-order valence-electron chi connectivity index (χ2n) is 6.55. The number of nitrogens with one attached hydrogen (secondary N) is 2. The first-order valence-corrected chi connectivity index (χ1v) is 8.59. The van der Waals surface area contributed by atoms with Gasteiger partial charge in [0.05, 0.1) is 6.04 Å². The van der Waals surface area contributed by atoms with Gasteiger partial charge in [-0.25, -0.2) is 0 Å². The highest BCUT2D eigenvalue weighted by molar-refractivity contribution is 5.94. The molecule has 1 aliphatic rings. The molecule has 2 aromatic rings. The molecule has 0 radical (unpaired) electrons. The van der Waals surface area contributed by atoms with Crippen LogP contribution in [0.1, 0.15) is 53.0 Å². The fourth-order valence-electron chi connectivity index (χ4n) is 3.17. The molecule has 8 heteroatoms. The van der Waals surface area contributed by atoms with E-state index in [-0.39, 0.29) is 11.7 Å². The van der Waals surface area contributed by atoms with Gasteiger partial charge < -0.3 is 15.0 Å². The average Bonchev–Trinajstić information content (AvgIpc) is 2.91. The number of fused-ring (bicyclic) bond motifs is 1. The normalized spacial score (nSPS) is 18.7. The number of pyridine rings is 1. The van der Waals surface area contributed by atoms with Gasteiger partial charge in [-0.3, -0.25) is 9.59 Å². The predicted molar refractivity (Wildman–Crippen MR) is 92.8 cm³/mol. The van der Waals surface area contributed by atoms with E-state index in [1.54, 1.807) is 4.98 Å². The van der Waals surface area contributed by atoms with Gasteiger partial charge in [-0.15, -0.1) is 0 Å². The minimum Gasteiger partial charge on any atom is -0.488 e. The van der Waals surface area contributed by atoms with E-state index in [1.807, 2.05) is 32.0 Å². The Bertz CT molecular complexity index is 921. The quantitative estimate of drug-likeness (QED) is 0.849. The second kappa shape index (κ2) is 7.09. The maximum atomic E-state index is 12.7. The SMILES string of the molecule is CCC[C@@H]1Oc2ccc(C)cc2[C@@H]1NC(=O)c1ccc(C(F)(F)F)[nH]c1=O. The number of hydrogen-bond donors (Lipinski definition) is 2. The van der Waals surface area contributed by atoms with Crippen molar-refractivity contribution < 1.29 is 22.7 Å². The number of benzene rings is 1. The van der Waals surface area contributed by atoms with Gasteiger partial charge in [0.15, 0.2) is 0 Å². The van der Waals surface area contributed by atoms with E-state index in [9.17, 15) is 22.8 Å². The van der Waals surface area contributed by atoms with E-state index >= 15 is 0 Å². The molecule has 0 fully saturated rings. The van der Waals surface area contributed by atoms with Crippen LogP contribution < -0.4 is 15.6 Å². The number of aromatic amines is 1. The zero-order valence-corrected chi connectivity index (χ0v) is 14.8. The highest BCUT2D eigenvalue weighted by Gasteiger charge is 2.36. The molecule has 1 aromatic carbocycles. The summed E-state index contributed by atoms with van der Waals surface area (Å²) in [5.74, 6) is -0.0836. The molecular formula is C19H19F3N2O3. The fourth-order valence-corrected chi connectivity index (χ4v) is 3.17. The molecule has 144 valence electrons. The maximum Gasteiger partial charge on any atom is 0.431 e. The van der Waals surface area contributed by atoms with Crippen LogP contribution >= 0.6 is 0 Å². The van der Waals surface area contributed by atoms with Crippen LogP contribution in [0.5, 0.6) is 5.75 Å². The van der Waals surface area contributed by atoms with Crippen LogP contribution in [0.3, 0.4) is 0 Å². The van der Waals surface area contributed by atoms with Crippen molar-refractivity contribution in [2.75, 3.05) is 0 Å². The first kappa shape index (κ1) is 19.0. The Morgan fingerprint density at radius 3 is 2.63 bits per heavy atom. The first-order chi connectivity index (χ1) is 12.7. The van der Waals surface area contributed by atoms with Crippen molar-refractivity contribution in [2.24, 2.45) is 0 Å². The van der Waals surface area contributed by atoms with Crippen LogP contribution in [0.25, 0.3) is 0 Å². The minimum atomic E-state index is -4.68. The summed E-state index contributed by atoms with van der Waals surface area (Å²) in [6.45, 7) is 3.89. The number of aromatic nitrogens is 1. The van der Waals surface area contributed by atoms with Crippen LogP contribution in [0.2, 0.25) is 0 Å². The molecule has 0 saturated heterocycles. The van der Waals surface area contributed by atoms with Crippen molar-refractivity contribution in [3.63, 3.8) is 0 Å². The Hall–Kier alpha value is -2.77. The van der Waals surface area contributed by atoms with Gasteiger partial charge in [-0.1, -0.05) is 31.0 Å². The molecule has 5 nitrogen and oxygen atoms in total. The summed E-state index contributed by atoms with van der Waals surface area (Å²) < 4.78 is 43.9. The highest BCUT2D eigenvalue weighted by atomic mass is 19.4. The Labute approximate surface area is 153 Å². The Balaban J connectivity index is 1.88. The summed E-state index contributed by atoms with van der Waals surface area (Å²) in [7, 11) is 0. The topological polar surface area (TPSA) is 71.2 Å². The van der Waals surface area contributed by atoms with Gasteiger partial charge in [0.2, 0.25) is 0 Å². The number of ether oxygens (including phenoxy) is 1. The minimum absolute atomic E-state index is 0.302. The third kappa shape index (κ3) is 3.84. The summed E-state index contributed by atoms with van der Waals surface area (Å²) in [6, 6.07) is 6.71. The molecule has 1 aromatic heterocycles. The number of alkyl halides is 3. The molecule has 0 spiro atoms. The van der Waals surface area contributed by atoms with Gasteiger partial charge in [0.25, 0.3) is 11.5 Å². The van der Waals surface area contributed by atoms with E-state index in [0.717, 1.165) is 23.6 Å². The summed E-state index contributed by atoms with van der Waals surface area (Å²) in [6.07, 6.45) is -3.48. The van der Waals surface area contributed by atoms with Crippen molar-refractivity contribution in [2.45, 2.75) is 45.0 Å². The molecule has 0 aliphatic carbocycles. The van der Waals surface area contributed by atoms with Gasteiger partial charge in [-0.2, -0.15) is 13.2 Å². The van der Waals surface area contributed by atoms with E-state index in [2.05, 4.69) is 5.32 Å². The Morgan fingerprint density at radius 2 is 2.00 bits per heavy atom. The molecule has 0 saturated carbocycles. The average molecular weight is 380 g/mol. The lowest BCUT2D eigenvalue weighted by atomic mass is 9.98. The zero-order chi connectivity index (χ0) is 19.8. The number of rotatable bonds is 4. The molecule has 2 N–H and O–H groups in total. The number of H-pyrrole nitrogens is 1. The monoisotopic (exact) mass is 380 g/mol. The van der Waals surface area contributed by atoms with Crippen molar-refractivity contribution in [1.82, 2.24) is 10.3 Å².